The molecule has 0 unspecified atom stereocenters. The van der Waals surface area contributed by atoms with Crippen molar-refractivity contribution in [2.75, 3.05) is 6.54 Å². The molecule has 0 saturated heterocycles. The van der Waals surface area contributed by atoms with Gasteiger partial charge in [-0.25, -0.2) is 13.4 Å². The summed E-state index contributed by atoms with van der Waals surface area (Å²) < 4.78 is 68.8. The second kappa shape index (κ2) is 6.20. The molecule has 2 aromatic heterocycles. The van der Waals surface area contributed by atoms with Crippen LogP contribution in [-0.2, 0) is 23.0 Å². The smallest absolute Gasteiger partial charge is 0.404 e. The largest absolute Gasteiger partial charge is 0.573 e. The number of halogens is 3. The summed E-state index contributed by atoms with van der Waals surface area (Å²) >= 11 is 0. The Kier molecular flexibility index (Phi) is 4.07. The fourth-order valence-electron chi connectivity index (χ4n) is 3.15. The first kappa shape index (κ1) is 17.7. The van der Waals surface area contributed by atoms with Crippen molar-refractivity contribution >= 4 is 21.1 Å². The molecule has 0 saturated carbocycles. The predicted octanol–water partition coefficient (Wildman–Crippen LogP) is 2.60. The second-order valence-corrected chi connectivity index (χ2v) is 7.88. The topological polar surface area (TPSA) is 88.2 Å². The van der Waals surface area contributed by atoms with Crippen LogP contribution in [0.5, 0.6) is 5.75 Å². The van der Waals surface area contributed by atoms with Crippen molar-refractivity contribution in [2.24, 2.45) is 0 Å². The Balaban J connectivity index is 1.70. The number of nitrogens with zero attached hydrogens (tertiary/aromatic N) is 3. The van der Waals surface area contributed by atoms with Crippen LogP contribution in [0.25, 0.3) is 11.0 Å². The zero-order chi connectivity index (χ0) is 19.2. The van der Waals surface area contributed by atoms with Crippen molar-refractivity contribution in [1.82, 2.24) is 19.5 Å². The lowest BCUT2D eigenvalue weighted by Gasteiger charge is -2.28. The Labute approximate surface area is 151 Å². The molecule has 1 N–H and O–H groups in total. The quantitative estimate of drug-likeness (QED) is 0.733. The molecule has 1 aromatic carbocycles. The van der Waals surface area contributed by atoms with Crippen LogP contribution in [0, 0.1) is 0 Å². The van der Waals surface area contributed by atoms with Crippen molar-refractivity contribution in [3.05, 3.63) is 47.8 Å². The lowest BCUT2D eigenvalue weighted by molar-refractivity contribution is -0.275. The number of benzene rings is 1. The normalized spacial score (nSPS) is 15.7. The number of fused-ring (bicyclic) bond motifs is 3. The average Bonchev–Trinajstić information content (AvgIpc) is 3.09. The van der Waals surface area contributed by atoms with E-state index in [9.17, 15) is 21.6 Å². The summed E-state index contributed by atoms with van der Waals surface area (Å²) in [5, 5.41) is 7.49. The minimum atomic E-state index is -4.99. The highest BCUT2D eigenvalue weighted by Crippen LogP contribution is 2.34. The van der Waals surface area contributed by atoms with E-state index in [0.29, 0.717) is 17.6 Å². The van der Waals surface area contributed by atoms with Gasteiger partial charge in [-0.05, 0) is 29.7 Å². The maximum atomic E-state index is 13.0. The molecule has 0 fully saturated rings. The van der Waals surface area contributed by atoms with Gasteiger partial charge in [0.2, 0.25) is 10.0 Å². The molecule has 1 aliphatic rings. The molecule has 11 heteroatoms. The van der Waals surface area contributed by atoms with E-state index in [1.807, 2.05) is 0 Å². The number of para-hydroxylation sites is 1. The SMILES string of the molecule is O=S(=O)(c1ccccc1OC(F)(F)F)N1CCc2c(cnc3[nH]ncc23)C1. The van der Waals surface area contributed by atoms with E-state index in [-0.39, 0.29) is 13.1 Å². The second-order valence-electron chi connectivity index (χ2n) is 5.98. The van der Waals surface area contributed by atoms with Crippen molar-refractivity contribution in [1.29, 1.82) is 0 Å². The molecule has 0 atom stereocenters. The van der Waals surface area contributed by atoms with Crippen LogP contribution >= 0.6 is 0 Å². The number of ether oxygens (including phenoxy) is 1. The molecule has 0 aliphatic carbocycles. The maximum Gasteiger partial charge on any atom is 0.573 e. The van der Waals surface area contributed by atoms with Gasteiger partial charge < -0.3 is 4.74 Å². The van der Waals surface area contributed by atoms with Gasteiger partial charge in [-0.15, -0.1) is 13.2 Å². The van der Waals surface area contributed by atoms with Gasteiger partial charge in [0, 0.05) is 24.7 Å². The summed E-state index contributed by atoms with van der Waals surface area (Å²) in [4.78, 5) is 3.67. The Morgan fingerprint density at radius 3 is 2.74 bits per heavy atom. The number of alkyl halides is 3. The summed E-state index contributed by atoms with van der Waals surface area (Å²) in [5.74, 6) is -0.751. The van der Waals surface area contributed by atoms with Crippen LogP contribution in [0.3, 0.4) is 0 Å². The molecule has 0 bridgehead atoms. The first-order valence-corrected chi connectivity index (χ1v) is 9.34. The van der Waals surface area contributed by atoms with Crippen molar-refractivity contribution in [3.63, 3.8) is 0 Å². The van der Waals surface area contributed by atoms with E-state index in [1.165, 1.54) is 12.1 Å². The summed E-state index contributed by atoms with van der Waals surface area (Å²) in [5.41, 5.74) is 2.22. The molecule has 0 amide bonds. The molecule has 1 aliphatic heterocycles. The zero-order valence-corrected chi connectivity index (χ0v) is 14.5. The number of nitrogens with one attached hydrogen (secondary N) is 1. The highest BCUT2D eigenvalue weighted by Gasteiger charge is 2.36. The van der Waals surface area contributed by atoms with Crippen LogP contribution in [0.1, 0.15) is 11.1 Å². The number of H-pyrrole nitrogens is 1. The minimum absolute atomic E-state index is 0.00609. The van der Waals surface area contributed by atoms with Crippen LogP contribution in [-0.4, -0.2) is 40.8 Å². The number of sulfonamides is 1. The third kappa shape index (κ3) is 3.23. The number of pyridine rings is 1. The van der Waals surface area contributed by atoms with E-state index < -0.39 is 27.0 Å². The van der Waals surface area contributed by atoms with E-state index in [4.69, 9.17) is 0 Å². The van der Waals surface area contributed by atoms with Gasteiger partial charge in [-0.1, -0.05) is 12.1 Å². The first-order chi connectivity index (χ1) is 12.8. The van der Waals surface area contributed by atoms with Crippen LogP contribution < -0.4 is 4.74 Å². The maximum absolute atomic E-state index is 13.0. The van der Waals surface area contributed by atoms with Gasteiger partial charge >= 0.3 is 6.36 Å². The fraction of sp³-hybridized carbons (Fsp3) is 0.250. The lowest BCUT2D eigenvalue weighted by Crippen LogP contribution is -2.36. The summed E-state index contributed by atoms with van der Waals surface area (Å²) in [6, 6.07) is 4.72. The Bertz CT molecular complexity index is 1110. The van der Waals surface area contributed by atoms with Gasteiger partial charge in [-0.3, -0.25) is 5.10 Å². The third-order valence-electron chi connectivity index (χ3n) is 4.33. The van der Waals surface area contributed by atoms with Crippen LogP contribution in [0.15, 0.2) is 41.6 Å². The zero-order valence-electron chi connectivity index (χ0n) is 13.7. The standard InChI is InChI=1S/C16H13F3N4O3S/c17-16(18,19)26-13-3-1-2-4-14(13)27(24,25)23-6-5-11-10(9-23)7-20-15-12(11)8-21-22-15/h1-4,7-8H,5-6,9H2,(H,20,21,22). The molecular weight excluding hydrogens is 385 g/mol. The van der Waals surface area contributed by atoms with Gasteiger partial charge in [0.05, 0.1) is 6.20 Å². The molecular formula is C16H13F3N4O3S. The summed E-state index contributed by atoms with van der Waals surface area (Å²) in [6.45, 7) is 0.131. The molecule has 3 heterocycles. The van der Waals surface area contributed by atoms with Crippen LogP contribution in [0.2, 0.25) is 0 Å². The molecule has 142 valence electrons. The lowest BCUT2D eigenvalue weighted by atomic mass is 10.0. The average molecular weight is 398 g/mol. The van der Waals surface area contributed by atoms with E-state index in [2.05, 4.69) is 19.9 Å². The predicted molar refractivity (Wildman–Crippen MR) is 88.3 cm³/mol. The number of hydrogen-bond acceptors (Lipinski definition) is 5. The molecule has 27 heavy (non-hydrogen) atoms. The van der Waals surface area contributed by atoms with Gasteiger partial charge in [0.15, 0.2) is 5.65 Å². The van der Waals surface area contributed by atoms with Crippen molar-refractivity contribution in [2.45, 2.75) is 24.2 Å². The van der Waals surface area contributed by atoms with E-state index in [0.717, 1.165) is 27.4 Å². The Hall–Kier alpha value is -2.66. The Morgan fingerprint density at radius 2 is 1.96 bits per heavy atom. The number of rotatable bonds is 3. The molecule has 0 spiro atoms. The molecule has 7 nitrogen and oxygen atoms in total. The fourth-order valence-corrected chi connectivity index (χ4v) is 4.68. The van der Waals surface area contributed by atoms with E-state index in [1.54, 1.807) is 12.4 Å². The Morgan fingerprint density at radius 1 is 1.19 bits per heavy atom. The molecule has 3 aromatic rings. The molecule has 4 rings (SSSR count). The van der Waals surface area contributed by atoms with Crippen molar-refractivity contribution in [3.8, 4) is 5.75 Å². The number of hydrogen-bond donors (Lipinski definition) is 1. The highest BCUT2D eigenvalue weighted by molar-refractivity contribution is 7.89. The summed E-state index contributed by atoms with van der Waals surface area (Å²) in [7, 11) is -4.19. The number of aromatic amines is 1. The molecule has 0 radical (unpaired) electrons. The van der Waals surface area contributed by atoms with Crippen molar-refractivity contribution < 1.29 is 26.3 Å². The van der Waals surface area contributed by atoms with Crippen LogP contribution in [0.4, 0.5) is 13.2 Å². The number of aromatic nitrogens is 3. The van der Waals surface area contributed by atoms with E-state index >= 15 is 0 Å². The third-order valence-corrected chi connectivity index (χ3v) is 6.22. The van der Waals surface area contributed by atoms with Gasteiger partial charge in [-0.2, -0.15) is 9.40 Å². The van der Waals surface area contributed by atoms with Gasteiger partial charge in [0.1, 0.15) is 10.6 Å². The highest BCUT2D eigenvalue weighted by atomic mass is 32.2. The monoisotopic (exact) mass is 398 g/mol. The minimum Gasteiger partial charge on any atom is -0.404 e. The summed E-state index contributed by atoms with van der Waals surface area (Å²) in [6.07, 6.45) is -1.42. The van der Waals surface area contributed by atoms with Gasteiger partial charge in [0.25, 0.3) is 0 Å². The first-order valence-electron chi connectivity index (χ1n) is 7.90.